The second-order valence-corrected chi connectivity index (χ2v) is 6.20. The minimum absolute atomic E-state index is 0.206. The molecule has 0 radical (unpaired) electrons. The van der Waals surface area contributed by atoms with Gasteiger partial charge < -0.3 is 10.1 Å². The zero-order valence-electron chi connectivity index (χ0n) is 11.4. The van der Waals surface area contributed by atoms with Gasteiger partial charge in [-0.2, -0.15) is 0 Å². The largest absolute Gasteiger partial charge is 0.368 e. The maximum Gasteiger partial charge on any atom is 0.234 e. The lowest BCUT2D eigenvalue weighted by molar-refractivity contribution is -0.124. The van der Waals surface area contributed by atoms with Crippen LogP contribution in [0, 0.1) is 0 Å². The van der Waals surface area contributed by atoms with E-state index in [1.807, 2.05) is 10.6 Å². The molecule has 0 aliphatic carbocycles. The molecule has 21 heavy (non-hydrogen) atoms. The van der Waals surface area contributed by atoms with Crippen LogP contribution in [0.1, 0.15) is 25.0 Å². The zero-order chi connectivity index (χ0) is 15.0. The molecular formula is C14H16Cl2N4O. The molecule has 1 atom stereocenters. The topological polar surface area (TPSA) is 63.6 Å². The van der Waals surface area contributed by atoms with Crippen molar-refractivity contribution >= 4 is 34.8 Å². The molecule has 1 aliphatic rings. The summed E-state index contributed by atoms with van der Waals surface area (Å²) in [6.07, 6.45) is 6.58. The molecule has 2 N–H and O–H groups in total. The number of halogens is 2. The van der Waals surface area contributed by atoms with Crippen LogP contribution in [0.15, 0.2) is 18.5 Å². The third-order valence-electron chi connectivity index (χ3n) is 3.83. The minimum atomic E-state index is -0.264. The van der Waals surface area contributed by atoms with Crippen LogP contribution in [0.5, 0.6) is 0 Å². The minimum Gasteiger partial charge on any atom is -0.368 e. The monoisotopic (exact) mass is 326 g/mol. The number of fused-ring (bicyclic) bond motifs is 1. The lowest BCUT2D eigenvalue weighted by atomic mass is 10.0. The van der Waals surface area contributed by atoms with Crippen LogP contribution >= 0.6 is 23.2 Å². The molecule has 3 rings (SSSR count). The summed E-state index contributed by atoms with van der Waals surface area (Å²) in [7, 11) is 0. The Hall–Kier alpha value is -1.30. The predicted molar refractivity (Wildman–Crippen MR) is 82.5 cm³/mol. The standard InChI is InChI=1S/C14H16Cl2N4O/c15-9-5-11(16)14-18-10(8-20(14)6-9)7-19-4-2-1-3-12(19)13(17)21/h5-6,8,12H,1-4,7H2,(H2,17,21). The van der Waals surface area contributed by atoms with Crippen LogP contribution in [0.4, 0.5) is 0 Å². The van der Waals surface area contributed by atoms with E-state index >= 15 is 0 Å². The van der Waals surface area contributed by atoms with Gasteiger partial charge in [-0.1, -0.05) is 29.6 Å². The molecule has 112 valence electrons. The van der Waals surface area contributed by atoms with Gasteiger partial charge in [-0.15, -0.1) is 0 Å². The molecule has 0 spiro atoms. The van der Waals surface area contributed by atoms with Crippen molar-refractivity contribution < 1.29 is 4.79 Å². The van der Waals surface area contributed by atoms with Crippen LogP contribution in [0.3, 0.4) is 0 Å². The molecule has 7 heteroatoms. The summed E-state index contributed by atoms with van der Waals surface area (Å²) in [6, 6.07) is 1.46. The Morgan fingerprint density at radius 2 is 2.19 bits per heavy atom. The van der Waals surface area contributed by atoms with Crippen LogP contribution in [-0.4, -0.2) is 32.8 Å². The first-order chi connectivity index (χ1) is 10.0. The Kier molecular flexibility index (Phi) is 4.06. The number of likely N-dealkylation sites (tertiary alicyclic amines) is 1. The highest BCUT2D eigenvalue weighted by Crippen LogP contribution is 2.24. The van der Waals surface area contributed by atoms with E-state index in [4.69, 9.17) is 28.9 Å². The summed E-state index contributed by atoms with van der Waals surface area (Å²) in [5.41, 5.74) is 7.01. The van der Waals surface area contributed by atoms with Crippen molar-refractivity contribution in [3.8, 4) is 0 Å². The van der Waals surface area contributed by atoms with Crippen molar-refractivity contribution in [1.29, 1.82) is 0 Å². The highest BCUT2D eigenvalue weighted by atomic mass is 35.5. The van der Waals surface area contributed by atoms with Gasteiger partial charge in [0.05, 0.1) is 21.8 Å². The van der Waals surface area contributed by atoms with Gasteiger partial charge in [0, 0.05) is 18.9 Å². The molecule has 3 heterocycles. The van der Waals surface area contributed by atoms with Crippen molar-refractivity contribution in [3.05, 3.63) is 34.2 Å². The molecule has 1 amide bonds. The number of nitrogens with zero attached hydrogens (tertiary/aromatic N) is 3. The summed E-state index contributed by atoms with van der Waals surface area (Å²) in [6.45, 7) is 1.44. The average molecular weight is 327 g/mol. The number of carbonyl (C=O) groups excluding carboxylic acids is 1. The van der Waals surface area contributed by atoms with Crippen LogP contribution in [0.2, 0.25) is 10.0 Å². The molecule has 0 bridgehead atoms. The van der Waals surface area contributed by atoms with E-state index < -0.39 is 0 Å². The summed E-state index contributed by atoms with van der Waals surface area (Å²) >= 11 is 12.1. The zero-order valence-corrected chi connectivity index (χ0v) is 12.9. The number of rotatable bonds is 3. The summed E-state index contributed by atoms with van der Waals surface area (Å²) in [5, 5.41) is 1.07. The van der Waals surface area contributed by atoms with Crippen molar-refractivity contribution in [2.75, 3.05) is 6.54 Å². The number of aromatic nitrogens is 2. The van der Waals surface area contributed by atoms with E-state index in [1.54, 1.807) is 12.3 Å². The first kappa shape index (κ1) is 14.6. The van der Waals surface area contributed by atoms with E-state index in [0.29, 0.717) is 22.2 Å². The number of amides is 1. The SMILES string of the molecule is NC(=O)C1CCCCN1Cc1cn2cc(Cl)cc(Cl)c2n1. The first-order valence-electron chi connectivity index (χ1n) is 6.90. The molecule has 1 fully saturated rings. The third-order valence-corrected chi connectivity index (χ3v) is 4.31. The second kappa shape index (κ2) is 5.83. The van der Waals surface area contributed by atoms with Crippen molar-refractivity contribution in [2.45, 2.75) is 31.8 Å². The van der Waals surface area contributed by atoms with E-state index in [2.05, 4.69) is 9.88 Å². The molecule has 2 aromatic rings. The third kappa shape index (κ3) is 3.00. The Labute approximate surface area is 132 Å². The van der Waals surface area contributed by atoms with Gasteiger partial charge in [0.2, 0.25) is 5.91 Å². The van der Waals surface area contributed by atoms with Gasteiger partial charge in [0.25, 0.3) is 0 Å². The van der Waals surface area contributed by atoms with Gasteiger partial charge in [0.1, 0.15) is 0 Å². The number of hydrogen-bond acceptors (Lipinski definition) is 3. The molecular weight excluding hydrogens is 311 g/mol. The summed E-state index contributed by atoms with van der Waals surface area (Å²) < 4.78 is 1.81. The van der Waals surface area contributed by atoms with Crippen molar-refractivity contribution in [2.24, 2.45) is 5.73 Å². The fourth-order valence-electron chi connectivity index (χ4n) is 2.86. The van der Waals surface area contributed by atoms with E-state index in [1.165, 1.54) is 0 Å². The Bertz CT molecular complexity index is 685. The van der Waals surface area contributed by atoms with E-state index in [-0.39, 0.29) is 11.9 Å². The second-order valence-electron chi connectivity index (χ2n) is 5.35. The van der Waals surface area contributed by atoms with Crippen molar-refractivity contribution in [1.82, 2.24) is 14.3 Å². The highest BCUT2D eigenvalue weighted by molar-refractivity contribution is 6.36. The highest BCUT2D eigenvalue weighted by Gasteiger charge is 2.27. The molecule has 1 saturated heterocycles. The first-order valence-corrected chi connectivity index (χ1v) is 7.66. The van der Waals surface area contributed by atoms with E-state index in [9.17, 15) is 4.79 Å². The summed E-state index contributed by atoms with van der Waals surface area (Å²) in [4.78, 5) is 18.1. The lowest BCUT2D eigenvalue weighted by Gasteiger charge is -2.32. The molecule has 1 aliphatic heterocycles. The Morgan fingerprint density at radius 1 is 1.38 bits per heavy atom. The molecule has 0 saturated carbocycles. The van der Waals surface area contributed by atoms with Gasteiger partial charge in [-0.05, 0) is 25.5 Å². The number of imidazole rings is 1. The fourth-order valence-corrected chi connectivity index (χ4v) is 3.39. The predicted octanol–water partition coefficient (Wildman–Crippen LogP) is 2.48. The van der Waals surface area contributed by atoms with Crippen LogP contribution in [-0.2, 0) is 11.3 Å². The average Bonchev–Trinajstić information content (AvgIpc) is 2.81. The van der Waals surface area contributed by atoms with Crippen molar-refractivity contribution in [3.63, 3.8) is 0 Å². The molecule has 1 unspecified atom stereocenters. The van der Waals surface area contributed by atoms with E-state index in [0.717, 1.165) is 31.5 Å². The van der Waals surface area contributed by atoms with Crippen LogP contribution in [0.25, 0.3) is 5.65 Å². The van der Waals surface area contributed by atoms with Gasteiger partial charge in [-0.25, -0.2) is 4.98 Å². The number of pyridine rings is 1. The molecule has 0 aromatic carbocycles. The van der Waals surface area contributed by atoms with Gasteiger partial charge >= 0.3 is 0 Å². The number of primary amides is 1. The van der Waals surface area contributed by atoms with Gasteiger partial charge in [0.15, 0.2) is 5.65 Å². The Balaban J connectivity index is 1.87. The normalized spacial score (nSPS) is 20.0. The number of carbonyl (C=O) groups is 1. The van der Waals surface area contributed by atoms with Gasteiger partial charge in [-0.3, -0.25) is 9.69 Å². The quantitative estimate of drug-likeness (QED) is 0.942. The van der Waals surface area contributed by atoms with Crippen LogP contribution < -0.4 is 5.73 Å². The molecule has 2 aromatic heterocycles. The maximum atomic E-state index is 11.5. The number of hydrogen-bond donors (Lipinski definition) is 1. The molecule has 5 nitrogen and oxygen atoms in total. The summed E-state index contributed by atoms with van der Waals surface area (Å²) in [5.74, 6) is -0.264. The number of nitrogens with two attached hydrogens (primary N) is 1. The Morgan fingerprint density at radius 3 is 2.95 bits per heavy atom. The smallest absolute Gasteiger partial charge is 0.234 e. The lowest BCUT2D eigenvalue weighted by Crippen LogP contribution is -2.47. The number of piperidine rings is 1. The fraction of sp³-hybridized carbons (Fsp3) is 0.429. The maximum absolute atomic E-state index is 11.5.